The Bertz CT molecular complexity index is 1140. The maximum atomic E-state index is 13.1. The van der Waals surface area contributed by atoms with Crippen LogP contribution in [-0.4, -0.2) is 140 Å². The van der Waals surface area contributed by atoms with Crippen molar-refractivity contribution in [2.75, 3.05) is 19.8 Å². The molecule has 2 saturated heterocycles. The average Bonchev–Trinajstić information content (AvgIpc) is 3.27. The molecule has 0 bridgehead atoms. The Balaban J connectivity index is 1.85. The van der Waals surface area contributed by atoms with Crippen molar-refractivity contribution in [2.45, 2.75) is 254 Å². The fraction of sp³-hybridized carbons (Fsp3) is 0.896. The van der Waals surface area contributed by atoms with Crippen molar-refractivity contribution in [2.24, 2.45) is 0 Å². The number of ether oxygens (including phenoxy) is 4. The minimum absolute atomic E-state index is 0.246. The normalized spacial score (nSPS) is 27.9. The van der Waals surface area contributed by atoms with Gasteiger partial charge < -0.3 is 65.1 Å². The minimum atomic E-state index is -1.79. The molecule has 0 aromatic heterocycles. The van der Waals surface area contributed by atoms with E-state index in [-0.39, 0.29) is 18.9 Å². The summed E-state index contributed by atoms with van der Waals surface area (Å²) in [7, 11) is 0. The van der Waals surface area contributed by atoms with Crippen molar-refractivity contribution in [3.63, 3.8) is 0 Å². The largest absolute Gasteiger partial charge is 0.394 e. The summed E-state index contributed by atoms with van der Waals surface area (Å²) < 4.78 is 22.6. The molecule has 14 heteroatoms. The number of rotatable bonds is 37. The molecule has 0 aromatic rings. The quantitative estimate of drug-likeness (QED) is 0.0267. The van der Waals surface area contributed by atoms with Crippen molar-refractivity contribution in [1.29, 1.82) is 0 Å². The van der Waals surface area contributed by atoms with Gasteiger partial charge in [-0.1, -0.05) is 154 Å². The maximum absolute atomic E-state index is 13.1. The molecule has 364 valence electrons. The first-order chi connectivity index (χ1) is 30.1. The van der Waals surface area contributed by atoms with Crippen molar-refractivity contribution in [1.82, 2.24) is 5.32 Å². The smallest absolute Gasteiger partial charge is 0.220 e. The van der Waals surface area contributed by atoms with E-state index in [2.05, 4.69) is 31.3 Å². The van der Waals surface area contributed by atoms with Crippen LogP contribution in [0, 0.1) is 0 Å². The highest BCUT2D eigenvalue weighted by molar-refractivity contribution is 5.76. The Labute approximate surface area is 373 Å². The number of allylic oxidation sites excluding steroid dienone is 3. The molecule has 0 aromatic carbocycles. The van der Waals surface area contributed by atoms with Crippen LogP contribution in [0.3, 0.4) is 0 Å². The van der Waals surface area contributed by atoms with E-state index in [0.29, 0.717) is 6.42 Å². The predicted molar refractivity (Wildman–Crippen MR) is 240 cm³/mol. The van der Waals surface area contributed by atoms with Gasteiger partial charge in [0, 0.05) is 6.42 Å². The number of amides is 1. The third kappa shape index (κ3) is 23.1. The highest BCUT2D eigenvalue weighted by atomic mass is 16.7. The molecule has 0 saturated carbocycles. The summed E-state index contributed by atoms with van der Waals surface area (Å²) in [5.41, 5.74) is 0. The molecule has 0 aliphatic carbocycles. The number of nitrogens with one attached hydrogen (secondary N) is 1. The number of carbonyl (C=O) groups is 1. The zero-order valence-electron chi connectivity index (χ0n) is 38.4. The van der Waals surface area contributed by atoms with Gasteiger partial charge in [-0.15, -0.1) is 0 Å². The molecule has 2 heterocycles. The summed E-state index contributed by atoms with van der Waals surface area (Å²) >= 11 is 0. The Hall–Kier alpha value is -1.53. The van der Waals surface area contributed by atoms with Crippen LogP contribution in [0.1, 0.15) is 181 Å². The first kappa shape index (κ1) is 56.6. The lowest BCUT2D eigenvalue weighted by Crippen LogP contribution is -2.65. The Kier molecular flexibility index (Phi) is 32.6. The van der Waals surface area contributed by atoms with Gasteiger partial charge in [0.25, 0.3) is 0 Å². The SMILES string of the molecule is CCCCCCCC/C=C\CCCCCCCCCC(=O)NC(COC1OC(CO)C(OC2OC(CO)C(O)C(O)C2O)C(O)C1O)C(O)/C=C/CCCCCCCCCCC. The number of aliphatic hydroxyl groups excluding tert-OH is 8. The highest BCUT2D eigenvalue weighted by Crippen LogP contribution is 2.30. The topological polar surface area (TPSA) is 228 Å². The number of unbranched alkanes of at least 4 members (excludes halogenated alkanes) is 22. The van der Waals surface area contributed by atoms with Gasteiger partial charge in [0.2, 0.25) is 5.91 Å². The van der Waals surface area contributed by atoms with E-state index in [0.717, 1.165) is 44.9 Å². The molecule has 14 nitrogen and oxygen atoms in total. The summed E-state index contributed by atoms with van der Waals surface area (Å²) in [5, 5.41) is 86.5. The number of hydrogen-bond donors (Lipinski definition) is 9. The molecule has 9 N–H and O–H groups in total. The van der Waals surface area contributed by atoms with Crippen LogP contribution >= 0.6 is 0 Å². The third-order valence-corrected chi connectivity index (χ3v) is 12.1. The molecule has 2 rings (SSSR count). The lowest BCUT2D eigenvalue weighted by Gasteiger charge is -2.46. The highest BCUT2D eigenvalue weighted by Gasteiger charge is 2.51. The number of aliphatic hydroxyl groups is 8. The summed E-state index contributed by atoms with van der Waals surface area (Å²) in [6.45, 7) is 2.75. The first-order valence-corrected chi connectivity index (χ1v) is 24.6. The lowest BCUT2D eigenvalue weighted by atomic mass is 9.97. The molecular formula is C48H89NO13. The van der Waals surface area contributed by atoms with E-state index in [1.807, 2.05) is 6.08 Å². The van der Waals surface area contributed by atoms with Gasteiger partial charge in [-0.05, 0) is 44.9 Å². The van der Waals surface area contributed by atoms with Crippen LogP contribution in [0.2, 0.25) is 0 Å². The van der Waals surface area contributed by atoms with Crippen LogP contribution in [0.15, 0.2) is 24.3 Å². The predicted octanol–water partition coefficient (Wildman–Crippen LogP) is 5.77. The zero-order chi connectivity index (χ0) is 45.4. The minimum Gasteiger partial charge on any atom is -0.394 e. The van der Waals surface area contributed by atoms with Gasteiger partial charge in [-0.3, -0.25) is 4.79 Å². The molecule has 2 fully saturated rings. The van der Waals surface area contributed by atoms with Crippen LogP contribution in [-0.2, 0) is 23.7 Å². The summed E-state index contributed by atoms with van der Waals surface area (Å²) in [6, 6.07) is -0.912. The fourth-order valence-corrected chi connectivity index (χ4v) is 8.05. The van der Waals surface area contributed by atoms with Crippen molar-refractivity contribution >= 4 is 5.91 Å². The zero-order valence-corrected chi connectivity index (χ0v) is 38.4. The molecule has 2 aliphatic heterocycles. The molecule has 0 spiro atoms. The molecular weight excluding hydrogens is 799 g/mol. The molecule has 1 amide bonds. The second-order valence-electron chi connectivity index (χ2n) is 17.6. The van der Waals surface area contributed by atoms with Crippen LogP contribution in [0.25, 0.3) is 0 Å². The van der Waals surface area contributed by atoms with Gasteiger partial charge in [-0.2, -0.15) is 0 Å². The van der Waals surface area contributed by atoms with E-state index in [4.69, 9.17) is 18.9 Å². The van der Waals surface area contributed by atoms with Crippen LogP contribution in [0.4, 0.5) is 0 Å². The number of carbonyl (C=O) groups excluding carboxylic acids is 1. The van der Waals surface area contributed by atoms with Crippen LogP contribution < -0.4 is 5.32 Å². The van der Waals surface area contributed by atoms with E-state index < -0.39 is 86.8 Å². The summed E-state index contributed by atoms with van der Waals surface area (Å²) in [5.74, 6) is -0.246. The van der Waals surface area contributed by atoms with E-state index in [1.54, 1.807) is 6.08 Å². The van der Waals surface area contributed by atoms with Gasteiger partial charge in [0.15, 0.2) is 12.6 Å². The first-order valence-electron chi connectivity index (χ1n) is 24.6. The third-order valence-electron chi connectivity index (χ3n) is 12.1. The number of hydrogen-bond acceptors (Lipinski definition) is 13. The standard InChI is InChI=1S/C48H89NO13/c1-3-5-7-9-11-13-15-16-17-18-19-20-22-24-26-28-30-32-40(53)49-36(37(52)31-29-27-25-23-21-14-12-10-8-6-4-2)35-59-47-45(58)43(56)46(39(34-51)61-47)62-48-44(57)42(55)41(54)38(33-50)60-48/h16-17,29,31,36-39,41-48,50-52,54-58H,3-15,18-28,30,32-35H2,1-2H3,(H,49,53)/b17-16-,31-29+. The molecule has 12 unspecified atom stereocenters. The van der Waals surface area contributed by atoms with E-state index >= 15 is 0 Å². The molecule has 0 radical (unpaired) electrons. The summed E-state index contributed by atoms with van der Waals surface area (Å²) in [6.07, 6.45) is 20.8. The molecule has 62 heavy (non-hydrogen) atoms. The molecule has 12 atom stereocenters. The summed E-state index contributed by atoms with van der Waals surface area (Å²) in [4.78, 5) is 13.1. The second-order valence-corrected chi connectivity index (χ2v) is 17.6. The van der Waals surface area contributed by atoms with Crippen molar-refractivity contribution in [3.05, 3.63) is 24.3 Å². The Morgan fingerprint density at radius 2 is 1.02 bits per heavy atom. The Morgan fingerprint density at radius 3 is 1.53 bits per heavy atom. The second kappa shape index (κ2) is 35.7. The van der Waals surface area contributed by atoms with Gasteiger partial charge >= 0.3 is 0 Å². The van der Waals surface area contributed by atoms with Gasteiger partial charge in [0.05, 0.1) is 32.0 Å². The lowest BCUT2D eigenvalue weighted by molar-refractivity contribution is -0.359. The van der Waals surface area contributed by atoms with E-state index in [1.165, 1.54) is 109 Å². The van der Waals surface area contributed by atoms with Crippen LogP contribution in [0.5, 0.6) is 0 Å². The monoisotopic (exact) mass is 888 g/mol. The fourth-order valence-electron chi connectivity index (χ4n) is 8.05. The van der Waals surface area contributed by atoms with Gasteiger partial charge in [0.1, 0.15) is 48.8 Å². The molecule has 2 aliphatic rings. The Morgan fingerprint density at radius 1 is 0.565 bits per heavy atom. The maximum Gasteiger partial charge on any atom is 0.220 e. The average molecular weight is 888 g/mol. The van der Waals surface area contributed by atoms with Crippen molar-refractivity contribution < 1.29 is 64.6 Å². The van der Waals surface area contributed by atoms with Gasteiger partial charge in [-0.25, -0.2) is 0 Å². The van der Waals surface area contributed by atoms with E-state index in [9.17, 15) is 45.6 Å². The van der Waals surface area contributed by atoms with Crippen molar-refractivity contribution in [3.8, 4) is 0 Å².